The largest absolute Gasteiger partial charge is 0.363 e. The monoisotopic (exact) mass is 294 g/mol. The van der Waals surface area contributed by atoms with E-state index in [2.05, 4.69) is 10.3 Å². The Hall–Kier alpha value is -1.04. The fourth-order valence-electron chi connectivity index (χ4n) is 1.19. The first-order chi connectivity index (χ1) is 7.65. The average Bonchev–Trinajstić information content (AvgIpc) is 2.29. The Bertz CT molecular complexity index is 343. The molecule has 5 nitrogen and oxygen atoms in total. The fourth-order valence-corrected chi connectivity index (χ4v) is 1.19. The minimum atomic E-state index is -0.105. The van der Waals surface area contributed by atoms with Crippen LogP contribution >= 0.6 is 24.8 Å². The second-order valence-electron chi connectivity index (χ2n) is 3.70. The van der Waals surface area contributed by atoms with Gasteiger partial charge in [-0.1, -0.05) is 0 Å². The first-order valence-electron chi connectivity index (χ1n) is 5.27. The molecule has 1 amide bonds. The van der Waals surface area contributed by atoms with Crippen LogP contribution in [0.15, 0.2) is 18.3 Å². The Morgan fingerprint density at radius 3 is 2.50 bits per heavy atom. The fraction of sp³-hybridized carbons (Fsp3) is 0.455. The van der Waals surface area contributed by atoms with Crippen LogP contribution in [0, 0.1) is 0 Å². The third kappa shape index (κ3) is 6.05. The lowest BCUT2D eigenvalue weighted by Crippen LogP contribution is -2.26. The van der Waals surface area contributed by atoms with Gasteiger partial charge in [0.05, 0.1) is 5.56 Å². The van der Waals surface area contributed by atoms with Crippen LogP contribution in [-0.4, -0.2) is 38.1 Å². The van der Waals surface area contributed by atoms with Gasteiger partial charge in [0.25, 0.3) is 5.91 Å². The summed E-state index contributed by atoms with van der Waals surface area (Å²) < 4.78 is 0. The summed E-state index contributed by atoms with van der Waals surface area (Å²) in [5.74, 6) is 0.727. The smallest absolute Gasteiger partial charge is 0.252 e. The molecule has 0 aliphatic carbocycles. The maximum absolute atomic E-state index is 11.6. The average molecular weight is 295 g/mol. The summed E-state index contributed by atoms with van der Waals surface area (Å²) >= 11 is 0. The lowest BCUT2D eigenvalue weighted by molar-refractivity contribution is 0.0953. The highest BCUT2D eigenvalue weighted by molar-refractivity contribution is 5.94. The molecule has 1 aromatic heterocycles. The molecule has 1 rings (SSSR count). The van der Waals surface area contributed by atoms with Crippen molar-refractivity contribution in [2.45, 2.75) is 6.42 Å². The van der Waals surface area contributed by atoms with Gasteiger partial charge in [0.15, 0.2) is 0 Å². The van der Waals surface area contributed by atoms with Gasteiger partial charge in [-0.05, 0) is 25.1 Å². The minimum Gasteiger partial charge on any atom is -0.363 e. The van der Waals surface area contributed by atoms with Crippen LogP contribution in [-0.2, 0) is 0 Å². The van der Waals surface area contributed by atoms with Gasteiger partial charge in [0, 0.05) is 26.8 Å². The molecule has 0 fully saturated rings. The second-order valence-corrected chi connectivity index (χ2v) is 3.70. The summed E-state index contributed by atoms with van der Waals surface area (Å²) in [6, 6.07) is 3.58. The van der Waals surface area contributed by atoms with Crippen LogP contribution < -0.4 is 16.0 Å². The van der Waals surface area contributed by atoms with Gasteiger partial charge >= 0.3 is 0 Å². The Labute approximate surface area is 120 Å². The van der Waals surface area contributed by atoms with Crippen molar-refractivity contribution in [3.63, 3.8) is 0 Å². The summed E-state index contributed by atoms with van der Waals surface area (Å²) in [5, 5.41) is 2.78. The number of nitrogens with zero attached hydrogens (tertiary/aromatic N) is 2. The predicted octanol–water partition coefficient (Wildman–Crippen LogP) is 1.07. The molecule has 0 aromatic carbocycles. The lowest BCUT2D eigenvalue weighted by atomic mass is 10.2. The molecule has 0 aliphatic rings. The van der Waals surface area contributed by atoms with E-state index in [0.717, 1.165) is 12.2 Å². The van der Waals surface area contributed by atoms with E-state index in [1.165, 1.54) is 0 Å². The van der Waals surface area contributed by atoms with Crippen LogP contribution in [0.1, 0.15) is 16.8 Å². The SMILES string of the molecule is CN(C)c1ccc(C(=O)NCCCN)cn1.Cl.Cl. The molecule has 1 heterocycles. The summed E-state index contributed by atoms with van der Waals surface area (Å²) in [4.78, 5) is 17.6. The van der Waals surface area contributed by atoms with E-state index in [1.807, 2.05) is 25.1 Å². The zero-order valence-electron chi connectivity index (χ0n) is 10.5. The molecule has 0 spiro atoms. The van der Waals surface area contributed by atoms with Crippen molar-refractivity contribution in [2.24, 2.45) is 5.73 Å². The van der Waals surface area contributed by atoms with Gasteiger partial charge in [-0.3, -0.25) is 4.79 Å². The van der Waals surface area contributed by atoms with Crippen LogP contribution in [0.3, 0.4) is 0 Å². The summed E-state index contributed by atoms with van der Waals surface area (Å²) in [5.41, 5.74) is 5.91. The van der Waals surface area contributed by atoms with E-state index >= 15 is 0 Å². The molecule has 104 valence electrons. The number of hydrogen-bond donors (Lipinski definition) is 2. The van der Waals surface area contributed by atoms with Crippen molar-refractivity contribution in [1.82, 2.24) is 10.3 Å². The normalized spacial score (nSPS) is 8.83. The number of carbonyl (C=O) groups excluding carboxylic acids is 1. The molecule has 18 heavy (non-hydrogen) atoms. The maximum atomic E-state index is 11.6. The van der Waals surface area contributed by atoms with Gasteiger partial charge in [0.1, 0.15) is 5.82 Å². The van der Waals surface area contributed by atoms with Crippen LogP contribution in [0.4, 0.5) is 5.82 Å². The van der Waals surface area contributed by atoms with Gasteiger partial charge in [-0.15, -0.1) is 24.8 Å². The zero-order valence-corrected chi connectivity index (χ0v) is 12.2. The Morgan fingerprint density at radius 1 is 1.39 bits per heavy atom. The van der Waals surface area contributed by atoms with Crippen molar-refractivity contribution in [3.05, 3.63) is 23.9 Å². The third-order valence-corrected chi connectivity index (χ3v) is 2.13. The molecule has 0 atom stereocenters. The van der Waals surface area contributed by atoms with E-state index in [-0.39, 0.29) is 30.7 Å². The first-order valence-corrected chi connectivity index (χ1v) is 5.27. The molecular weight excluding hydrogens is 275 g/mol. The summed E-state index contributed by atoms with van der Waals surface area (Å²) in [6.07, 6.45) is 2.36. The van der Waals surface area contributed by atoms with Crippen LogP contribution in [0.5, 0.6) is 0 Å². The highest BCUT2D eigenvalue weighted by Gasteiger charge is 2.05. The number of nitrogens with two attached hydrogens (primary N) is 1. The number of nitrogens with one attached hydrogen (secondary N) is 1. The topological polar surface area (TPSA) is 71.2 Å². The molecule has 0 bridgehead atoms. The Morgan fingerprint density at radius 2 is 2.06 bits per heavy atom. The second kappa shape index (κ2) is 9.94. The molecule has 0 radical (unpaired) electrons. The van der Waals surface area contributed by atoms with Crippen LogP contribution in [0.2, 0.25) is 0 Å². The molecule has 3 N–H and O–H groups in total. The number of hydrogen-bond acceptors (Lipinski definition) is 4. The van der Waals surface area contributed by atoms with Crippen molar-refractivity contribution in [1.29, 1.82) is 0 Å². The molecule has 7 heteroatoms. The number of aromatic nitrogens is 1. The van der Waals surface area contributed by atoms with Crippen molar-refractivity contribution in [3.8, 4) is 0 Å². The molecular formula is C11H20Cl2N4O. The molecule has 0 saturated heterocycles. The van der Waals surface area contributed by atoms with Crippen LogP contribution in [0.25, 0.3) is 0 Å². The Balaban J connectivity index is 0. The highest BCUT2D eigenvalue weighted by atomic mass is 35.5. The van der Waals surface area contributed by atoms with E-state index < -0.39 is 0 Å². The highest BCUT2D eigenvalue weighted by Crippen LogP contribution is 2.07. The molecule has 0 unspecified atom stereocenters. The first kappa shape index (κ1) is 19.3. The minimum absolute atomic E-state index is 0. The van der Waals surface area contributed by atoms with E-state index in [1.54, 1.807) is 12.3 Å². The summed E-state index contributed by atoms with van der Waals surface area (Å²) in [7, 11) is 3.81. The van der Waals surface area contributed by atoms with E-state index in [4.69, 9.17) is 5.73 Å². The lowest BCUT2D eigenvalue weighted by Gasteiger charge is -2.11. The number of halogens is 2. The molecule has 0 aliphatic heterocycles. The van der Waals surface area contributed by atoms with Gasteiger partial charge in [0.2, 0.25) is 0 Å². The van der Waals surface area contributed by atoms with E-state index in [9.17, 15) is 4.79 Å². The summed E-state index contributed by atoms with van der Waals surface area (Å²) in [6.45, 7) is 1.18. The number of carbonyl (C=O) groups is 1. The van der Waals surface area contributed by atoms with Gasteiger partial charge in [-0.2, -0.15) is 0 Å². The third-order valence-electron chi connectivity index (χ3n) is 2.13. The number of rotatable bonds is 5. The zero-order chi connectivity index (χ0) is 12.0. The standard InChI is InChI=1S/C11H18N4O.2ClH/c1-15(2)10-5-4-9(8-14-10)11(16)13-7-3-6-12;;/h4-5,8H,3,6-7,12H2,1-2H3,(H,13,16);2*1H. The molecule has 1 aromatic rings. The van der Waals surface area contributed by atoms with Crippen molar-refractivity contribution in [2.75, 3.05) is 32.1 Å². The number of pyridine rings is 1. The number of anilines is 1. The van der Waals surface area contributed by atoms with E-state index in [0.29, 0.717) is 18.7 Å². The Kier molecular flexibility index (Phi) is 10.7. The predicted molar refractivity (Wildman–Crippen MR) is 79.1 cm³/mol. The van der Waals surface area contributed by atoms with Gasteiger partial charge in [-0.25, -0.2) is 4.98 Å². The van der Waals surface area contributed by atoms with Crippen molar-refractivity contribution < 1.29 is 4.79 Å². The maximum Gasteiger partial charge on any atom is 0.252 e. The number of amides is 1. The molecule has 0 saturated carbocycles. The van der Waals surface area contributed by atoms with Gasteiger partial charge < -0.3 is 16.0 Å². The quantitative estimate of drug-likeness (QED) is 0.797. The van der Waals surface area contributed by atoms with Crippen molar-refractivity contribution >= 4 is 36.5 Å².